The molecule has 1 fully saturated rings. The second-order valence-corrected chi connectivity index (χ2v) is 11.2. The summed E-state index contributed by atoms with van der Waals surface area (Å²) >= 11 is 0. The summed E-state index contributed by atoms with van der Waals surface area (Å²) in [6, 6.07) is 16.3. The lowest BCUT2D eigenvalue weighted by Crippen LogP contribution is -2.53. The van der Waals surface area contributed by atoms with Gasteiger partial charge in [0, 0.05) is 35.6 Å². The predicted molar refractivity (Wildman–Crippen MR) is 166 cm³/mol. The van der Waals surface area contributed by atoms with Gasteiger partial charge in [-0.25, -0.2) is 19.6 Å². The summed E-state index contributed by atoms with van der Waals surface area (Å²) in [5.74, 6) is 0.222. The van der Waals surface area contributed by atoms with Crippen LogP contribution < -0.4 is 16.2 Å². The highest BCUT2D eigenvalue weighted by atomic mass is 16.6. The van der Waals surface area contributed by atoms with Crippen LogP contribution in [0.25, 0.3) is 33.9 Å². The maximum Gasteiger partial charge on any atom is 0.412 e. The number of rotatable bonds is 8. The van der Waals surface area contributed by atoms with Gasteiger partial charge in [-0.1, -0.05) is 30.3 Å². The third kappa shape index (κ3) is 5.63. The molecule has 2 atom stereocenters. The number of ether oxygens (including phenoxy) is 2. The van der Waals surface area contributed by atoms with E-state index in [4.69, 9.17) is 20.9 Å². The number of nitrogens with zero attached hydrogens (tertiary/aromatic N) is 5. The zero-order chi connectivity index (χ0) is 32.5. The molecule has 0 saturated carbocycles. The second-order valence-electron chi connectivity index (χ2n) is 11.2. The molecule has 1 aliphatic rings. The molecule has 1 aromatic carbocycles. The Labute approximate surface area is 263 Å². The van der Waals surface area contributed by atoms with E-state index in [-0.39, 0.29) is 11.9 Å². The van der Waals surface area contributed by atoms with E-state index in [9.17, 15) is 14.4 Å². The van der Waals surface area contributed by atoms with Gasteiger partial charge in [-0.05, 0) is 51.0 Å². The van der Waals surface area contributed by atoms with Gasteiger partial charge in [0.15, 0.2) is 0 Å². The van der Waals surface area contributed by atoms with E-state index >= 15 is 0 Å². The SMILES string of the molecule is CC1(c2ncc(-c3ccc(-c4ccc(-c5cnc(OC(N)=O)[nH]5)cn4)nc3)[nH]2)CCCN1C(=O)[C@](C)(OC(N)=O)c1ccccc1. The second kappa shape index (κ2) is 11.8. The Kier molecular flexibility index (Phi) is 7.69. The van der Waals surface area contributed by atoms with Gasteiger partial charge in [0.25, 0.3) is 5.91 Å². The summed E-state index contributed by atoms with van der Waals surface area (Å²) in [6.45, 7) is 3.97. The molecule has 1 unspecified atom stereocenters. The fraction of sp³-hybridized carbons (Fsp3) is 0.219. The van der Waals surface area contributed by atoms with Crippen LogP contribution in [0.5, 0.6) is 6.01 Å². The van der Waals surface area contributed by atoms with Crippen molar-refractivity contribution in [2.24, 2.45) is 11.5 Å². The van der Waals surface area contributed by atoms with Gasteiger partial charge in [-0.15, -0.1) is 0 Å². The van der Waals surface area contributed by atoms with Crippen LogP contribution in [0.1, 0.15) is 38.1 Å². The number of carbonyl (C=O) groups excluding carboxylic acids is 3. The average Bonchev–Trinajstić information content (AvgIpc) is 3.82. The number of aromatic nitrogens is 6. The van der Waals surface area contributed by atoms with E-state index < -0.39 is 23.3 Å². The first-order valence-electron chi connectivity index (χ1n) is 14.4. The summed E-state index contributed by atoms with van der Waals surface area (Å²) < 4.78 is 10.2. The number of hydrogen-bond donors (Lipinski definition) is 4. The number of likely N-dealkylation sites (tertiary alicyclic amines) is 1. The zero-order valence-electron chi connectivity index (χ0n) is 25.1. The molecule has 0 spiro atoms. The van der Waals surface area contributed by atoms with Crippen molar-refractivity contribution in [3.05, 3.63) is 90.8 Å². The molecule has 14 heteroatoms. The van der Waals surface area contributed by atoms with E-state index in [2.05, 4.69) is 29.9 Å². The number of H-pyrrole nitrogens is 2. The molecule has 5 heterocycles. The Morgan fingerprint density at radius 3 is 2.04 bits per heavy atom. The molecule has 4 aromatic heterocycles. The molecule has 1 aliphatic heterocycles. The quantitative estimate of drug-likeness (QED) is 0.195. The van der Waals surface area contributed by atoms with Crippen molar-refractivity contribution in [3.63, 3.8) is 0 Å². The van der Waals surface area contributed by atoms with Crippen LogP contribution >= 0.6 is 0 Å². The van der Waals surface area contributed by atoms with Gasteiger partial charge >= 0.3 is 18.2 Å². The Bertz CT molecular complexity index is 1890. The minimum absolute atomic E-state index is 0.00483. The lowest BCUT2D eigenvalue weighted by molar-refractivity contribution is -0.155. The summed E-state index contributed by atoms with van der Waals surface area (Å²) in [5.41, 5.74) is 12.7. The zero-order valence-corrected chi connectivity index (χ0v) is 25.1. The molecule has 14 nitrogen and oxygen atoms in total. The molecule has 0 radical (unpaired) electrons. The predicted octanol–water partition coefficient (Wildman–Crippen LogP) is 4.23. The normalized spacial score (nSPS) is 17.3. The van der Waals surface area contributed by atoms with Crippen molar-refractivity contribution in [1.82, 2.24) is 34.8 Å². The number of primary amides is 2. The van der Waals surface area contributed by atoms with Crippen LogP contribution in [-0.4, -0.2) is 59.4 Å². The van der Waals surface area contributed by atoms with Crippen molar-refractivity contribution < 1.29 is 23.9 Å². The molecular formula is C32H31N9O5. The van der Waals surface area contributed by atoms with Crippen LogP contribution in [0, 0.1) is 0 Å². The molecule has 0 bridgehead atoms. The van der Waals surface area contributed by atoms with Gasteiger partial charge < -0.3 is 35.8 Å². The maximum atomic E-state index is 14.1. The fourth-order valence-electron chi connectivity index (χ4n) is 5.72. The maximum absolute atomic E-state index is 14.1. The highest BCUT2D eigenvalue weighted by Gasteiger charge is 2.51. The van der Waals surface area contributed by atoms with E-state index in [1.807, 2.05) is 37.3 Å². The van der Waals surface area contributed by atoms with Crippen molar-refractivity contribution in [1.29, 1.82) is 0 Å². The number of benzene rings is 1. The summed E-state index contributed by atoms with van der Waals surface area (Å²) in [7, 11) is 0. The van der Waals surface area contributed by atoms with Gasteiger partial charge in [-0.2, -0.15) is 0 Å². The van der Waals surface area contributed by atoms with Crippen molar-refractivity contribution in [3.8, 4) is 39.9 Å². The summed E-state index contributed by atoms with van der Waals surface area (Å²) in [5, 5.41) is 0. The molecule has 0 aliphatic carbocycles. The Balaban J connectivity index is 1.20. The molecule has 6 rings (SSSR count). The Morgan fingerprint density at radius 1 is 0.826 bits per heavy atom. The number of carbonyl (C=O) groups is 3. The number of hydrogen-bond acceptors (Lipinski definition) is 9. The van der Waals surface area contributed by atoms with Crippen LogP contribution in [-0.2, 0) is 20.7 Å². The molecule has 46 heavy (non-hydrogen) atoms. The standard InChI is InChI=1S/C32H31N9O5/c1-31(13-6-14-41(31)27(42)32(2,46-29(34)44)21-7-4-3-5-8-21)26-37-17-24(39-26)19-9-11-22(35-15-19)23-12-10-20(16-36-23)25-18-38-30(40-25)45-28(33)43/h3-5,7-12,15-18H,6,13-14H2,1-2H3,(H2,33,43)(H2,34,44)(H,37,39)(H,38,40)/t31?,32-/m1/s1. The van der Waals surface area contributed by atoms with Gasteiger partial charge in [-0.3, -0.25) is 14.8 Å². The van der Waals surface area contributed by atoms with E-state index in [0.717, 1.165) is 23.2 Å². The van der Waals surface area contributed by atoms with Gasteiger partial charge in [0.1, 0.15) is 5.82 Å². The molecule has 234 valence electrons. The average molecular weight is 622 g/mol. The van der Waals surface area contributed by atoms with Crippen LogP contribution in [0.3, 0.4) is 0 Å². The lowest BCUT2D eigenvalue weighted by atomic mass is 9.91. The lowest BCUT2D eigenvalue weighted by Gasteiger charge is -2.39. The number of nitrogens with two attached hydrogens (primary N) is 2. The summed E-state index contributed by atoms with van der Waals surface area (Å²) in [4.78, 5) is 62.6. The number of aromatic amines is 2. The van der Waals surface area contributed by atoms with Crippen LogP contribution in [0.15, 0.2) is 79.4 Å². The first-order chi connectivity index (χ1) is 22.1. The summed E-state index contributed by atoms with van der Waals surface area (Å²) in [6.07, 6.45) is 6.00. The number of imidazole rings is 2. The Hall–Kier alpha value is -6.05. The molecule has 6 N–H and O–H groups in total. The topological polar surface area (TPSA) is 208 Å². The van der Waals surface area contributed by atoms with Crippen LogP contribution in [0.2, 0.25) is 0 Å². The number of nitrogens with one attached hydrogen (secondary N) is 2. The van der Waals surface area contributed by atoms with E-state index in [1.165, 1.54) is 6.20 Å². The van der Waals surface area contributed by atoms with Crippen LogP contribution in [0.4, 0.5) is 9.59 Å². The Morgan fingerprint density at radius 2 is 1.46 bits per heavy atom. The van der Waals surface area contributed by atoms with Crippen molar-refractivity contribution >= 4 is 18.1 Å². The number of amides is 3. The van der Waals surface area contributed by atoms with Gasteiger partial charge in [0.2, 0.25) is 5.60 Å². The van der Waals surface area contributed by atoms with E-state index in [1.54, 1.807) is 54.7 Å². The first-order valence-corrected chi connectivity index (χ1v) is 14.4. The largest absolute Gasteiger partial charge is 0.428 e. The smallest absolute Gasteiger partial charge is 0.412 e. The third-order valence-corrected chi connectivity index (χ3v) is 8.17. The van der Waals surface area contributed by atoms with Crippen molar-refractivity contribution in [2.45, 2.75) is 37.8 Å². The third-order valence-electron chi connectivity index (χ3n) is 8.17. The van der Waals surface area contributed by atoms with E-state index in [0.29, 0.717) is 41.4 Å². The minimum Gasteiger partial charge on any atom is -0.428 e. The van der Waals surface area contributed by atoms with Gasteiger partial charge in [0.05, 0.1) is 40.7 Å². The fourth-order valence-corrected chi connectivity index (χ4v) is 5.72. The number of pyridine rings is 2. The van der Waals surface area contributed by atoms with Crippen molar-refractivity contribution in [2.75, 3.05) is 6.54 Å². The monoisotopic (exact) mass is 621 g/mol. The highest BCUT2D eigenvalue weighted by Crippen LogP contribution is 2.41. The first kappa shape index (κ1) is 30.0. The minimum atomic E-state index is -1.61. The molecule has 1 saturated heterocycles. The molecular weight excluding hydrogens is 590 g/mol. The molecule has 5 aromatic rings. The molecule has 3 amide bonds. The highest BCUT2D eigenvalue weighted by molar-refractivity contribution is 5.89.